The Bertz CT molecular complexity index is 200. The summed E-state index contributed by atoms with van der Waals surface area (Å²) in [6.07, 6.45) is -0.606. The summed E-state index contributed by atoms with van der Waals surface area (Å²) in [4.78, 5) is 11.6. The van der Waals surface area contributed by atoms with Gasteiger partial charge in [-0.1, -0.05) is 13.8 Å². The van der Waals surface area contributed by atoms with E-state index in [1.165, 1.54) is 0 Å². The van der Waals surface area contributed by atoms with Crippen molar-refractivity contribution < 1.29 is 9.90 Å². The molecular weight excluding hydrogens is 180 g/mol. The maximum Gasteiger partial charge on any atom is 0.237 e. The molecule has 4 N–H and O–H groups in total. The lowest BCUT2D eigenvalue weighted by Gasteiger charge is -2.31. The molecule has 0 fully saturated rings. The van der Waals surface area contributed by atoms with Crippen molar-refractivity contribution in [3.05, 3.63) is 0 Å². The lowest BCUT2D eigenvalue weighted by Crippen LogP contribution is -2.56. The van der Waals surface area contributed by atoms with E-state index < -0.39 is 17.7 Å². The highest BCUT2D eigenvalue weighted by atomic mass is 16.3. The van der Waals surface area contributed by atoms with Crippen LogP contribution >= 0.6 is 0 Å². The Morgan fingerprint density at radius 3 is 2.07 bits per heavy atom. The second-order valence-electron chi connectivity index (χ2n) is 4.66. The third-order valence-electron chi connectivity index (χ3n) is 2.51. The molecule has 0 rings (SSSR count). The van der Waals surface area contributed by atoms with E-state index >= 15 is 0 Å². The van der Waals surface area contributed by atoms with Gasteiger partial charge in [0.1, 0.15) is 0 Å². The smallest absolute Gasteiger partial charge is 0.237 e. The standard InChI is InChI=1S/C10H22N2O2/c1-6(2)8(11)9(14)12-10(4,5)7(3)13/h6-8,13H,11H2,1-5H3,(H,12,14)/t7?,8-/m1/s1. The summed E-state index contributed by atoms with van der Waals surface area (Å²) in [6, 6.07) is -0.520. The molecule has 0 spiro atoms. The minimum Gasteiger partial charge on any atom is -0.391 e. The third kappa shape index (κ3) is 3.64. The predicted octanol–water partition coefficient (Wildman–Crippen LogP) is 0.245. The maximum absolute atomic E-state index is 11.6. The van der Waals surface area contributed by atoms with Gasteiger partial charge in [0.2, 0.25) is 5.91 Å². The zero-order valence-electron chi connectivity index (χ0n) is 9.66. The molecule has 84 valence electrons. The predicted molar refractivity (Wildman–Crippen MR) is 56.7 cm³/mol. The Balaban J connectivity index is 4.32. The number of rotatable bonds is 4. The molecule has 2 atom stereocenters. The van der Waals surface area contributed by atoms with Crippen LogP contribution in [0.1, 0.15) is 34.6 Å². The van der Waals surface area contributed by atoms with Crippen molar-refractivity contribution in [3.63, 3.8) is 0 Å². The van der Waals surface area contributed by atoms with E-state index in [1.807, 2.05) is 13.8 Å². The Morgan fingerprint density at radius 2 is 1.79 bits per heavy atom. The van der Waals surface area contributed by atoms with E-state index in [4.69, 9.17) is 5.73 Å². The van der Waals surface area contributed by atoms with Crippen molar-refractivity contribution >= 4 is 5.91 Å². The zero-order valence-corrected chi connectivity index (χ0v) is 9.66. The van der Waals surface area contributed by atoms with Gasteiger partial charge in [-0.15, -0.1) is 0 Å². The van der Waals surface area contributed by atoms with Crippen LogP contribution in [0.25, 0.3) is 0 Å². The molecule has 1 unspecified atom stereocenters. The highest BCUT2D eigenvalue weighted by molar-refractivity contribution is 5.82. The van der Waals surface area contributed by atoms with Gasteiger partial charge in [0, 0.05) is 0 Å². The summed E-state index contributed by atoms with van der Waals surface area (Å²) in [5, 5.41) is 12.1. The zero-order chi connectivity index (χ0) is 11.5. The quantitative estimate of drug-likeness (QED) is 0.611. The summed E-state index contributed by atoms with van der Waals surface area (Å²) in [5.74, 6) is -0.120. The summed E-state index contributed by atoms with van der Waals surface area (Å²) in [6.45, 7) is 8.95. The molecule has 0 aliphatic heterocycles. The van der Waals surface area contributed by atoms with Crippen LogP contribution in [0.2, 0.25) is 0 Å². The van der Waals surface area contributed by atoms with Gasteiger partial charge in [-0.2, -0.15) is 0 Å². The molecule has 0 saturated carbocycles. The number of carbonyl (C=O) groups excluding carboxylic acids is 1. The Morgan fingerprint density at radius 1 is 1.36 bits per heavy atom. The summed E-state index contributed by atoms with van der Waals surface area (Å²) >= 11 is 0. The topological polar surface area (TPSA) is 75.4 Å². The molecule has 0 aliphatic carbocycles. The fourth-order valence-corrected chi connectivity index (χ4v) is 0.808. The molecule has 0 aromatic heterocycles. The molecule has 4 heteroatoms. The van der Waals surface area contributed by atoms with Crippen LogP contribution in [-0.4, -0.2) is 28.7 Å². The highest BCUT2D eigenvalue weighted by Crippen LogP contribution is 2.09. The van der Waals surface area contributed by atoms with Crippen LogP contribution in [0.5, 0.6) is 0 Å². The molecule has 1 amide bonds. The number of nitrogens with one attached hydrogen (secondary N) is 1. The lowest BCUT2D eigenvalue weighted by molar-refractivity contribution is -0.126. The first-order valence-electron chi connectivity index (χ1n) is 4.94. The van der Waals surface area contributed by atoms with E-state index in [0.717, 1.165) is 0 Å². The van der Waals surface area contributed by atoms with Gasteiger partial charge in [0.25, 0.3) is 0 Å². The van der Waals surface area contributed by atoms with Gasteiger partial charge in [-0.05, 0) is 26.7 Å². The first-order chi connectivity index (χ1) is 6.18. The van der Waals surface area contributed by atoms with Crippen LogP contribution in [0.15, 0.2) is 0 Å². The monoisotopic (exact) mass is 202 g/mol. The summed E-state index contributed by atoms with van der Waals surface area (Å²) in [7, 11) is 0. The van der Waals surface area contributed by atoms with Gasteiger partial charge in [0.15, 0.2) is 0 Å². The molecule has 0 aromatic rings. The van der Waals surface area contributed by atoms with E-state index in [9.17, 15) is 9.90 Å². The molecule has 0 bridgehead atoms. The van der Waals surface area contributed by atoms with Gasteiger partial charge < -0.3 is 16.2 Å². The Labute approximate surface area is 85.9 Å². The molecule has 0 heterocycles. The van der Waals surface area contributed by atoms with Crippen molar-refractivity contribution in [1.82, 2.24) is 5.32 Å². The third-order valence-corrected chi connectivity index (χ3v) is 2.51. The van der Waals surface area contributed by atoms with E-state index in [0.29, 0.717) is 0 Å². The molecule has 0 aromatic carbocycles. The largest absolute Gasteiger partial charge is 0.391 e. The fourth-order valence-electron chi connectivity index (χ4n) is 0.808. The molecule has 14 heavy (non-hydrogen) atoms. The number of nitrogens with two attached hydrogens (primary N) is 1. The lowest BCUT2D eigenvalue weighted by atomic mass is 9.96. The van der Waals surface area contributed by atoms with Gasteiger partial charge in [0.05, 0.1) is 17.7 Å². The van der Waals surface area contributed by atoms with Crippen LogP contribution < -0.4 is 11.1 Å². The van der Waals surface area contributed by atoms with Gasteiger partial charge >= 0.3 is 0 Å². The minimum absolute atomic E-state index is 0.0970. The van der Waals surface area contributed by atoms with Crippen LogP contribution in [0, 0.1) is 5.92 Å². The van der Waals surface area contributed by atoms with Crippen molar-refractivity contribution in [3.8, 4) is 0 Å². The fraction of sp³-hybridized carbons (Fsp3) is 0.900. The van der Waals surface area contributed by atoms with Crippen LogP contribution in [0.3, 0.4) is 0 Å². The second kappa shape index (κ2) is 4.75. The number of hydrogen-bond donors (Lipinski definition) is 3. The first-order valence-corrected chi connectivity index (χ1v) is 4.94. The highest BCUT2D eigenvalue weighted by Gasteiger charge is 2.28. The number of aliphatic hydroxyl groups excluding tert-OH is 1. The normalized spacial score (nSPS) is 16.6. The van der Waals surface area contributed by atoms with E-state index in [1.54, 1.807) is 20.8 Å². The Hall–Kier alpha value is -0.610. The Kier molecular flexibility index (Phi) is 4.55. The van der Waals surface area contributed by atoms with Crippen molar-refractivity contribution in [2.75, 3.05) is 0 Å². The number of amides is 1. The van der Waals surface area contributed by atoms with Crippen LogP contribution in [0.4, 0.5) is 0 Å². The first kappa shape index (κ1) is 13.4. The van der Waals surface area contributed by atoms with E-state index in [-0.39, 0.29) is 11.8 Å². The number of hydrogen-bond acceptors (Lipinski definition) is 3. The number of carbonyl (C=O) groups is 1. The molecule has 0 aliphatic rings. The summed E-state index contributed by atoms with van der Waals surface area (Å²) in [5.41, 5.74) is 5.04. The van der Waals surface area contributed by atoms with Gasteiger partial charge in [-0.25, -0.2) is 0 Å². The molecular formula is C10H22N2O2. The second-order valence-corrected chi connectivity index (χ2v) is 4.66. The summed E-state index contributed by atoms with van der Waals surface area (Å²) < 4.78 is 0. The van der Waals surface area contributed by atoms with Crippen molar-refractivity contribution in [2.24, 2.45) is 11.7 Å². The molecule has 0 radical (unpaired) electrons. The maximum atomic E-state index is 11.6. The average Bonchev–Trinajstić information content (AvgIpc) is 2.01. The SMILES string of the molecule is CC(C)[C@@H](N)C(=O)NC(C)(C)C(C)O. The molecule has 4 nitrogen and oxygen atoms in total. The van der Waals surface area contributed by atoms with E-state index in [2.05, 4.69) is 5.32 Å². The molecule has 0 saturated heterocycles. The van der Waals surface area contributed by atoms with Crippen molar-refractivity contribution in [1.29, 1.82) is 0 Å². The van der Waals surface area contributed by atoms with Gasteiger partial charge in [-0.3, -0.25) is 4.79 Å². The van der Waals surface area contributed by atoms with Crippen molar-refractivity contribution in [2.45, 2.75) is 52.3 Å². The average molecular weight is 202 g/mol. The van der Waals surface area contributed by atoms with Crippen LogP contribution in [-0.2, 0) is 4.79 Å². The minimum atomic E-state index is -0.635. The number of aliphatic hydroxyl groups is 1.